The normalized spacial score (nSPS) is 11.3. The molecule has 1 aromatic carbocycles. The minimum atomic E-state index is 0.0485. The predicted molar refractivity (Wildman–Crippen MR) is 78.8 cm³/mol. The van der Waals surface area contributed by atoms with Gasteiger partial charge < -0.3 is 9.64 Å². The standard InChI is InChI=1S/C16H25NO2/c1-7-17(11-16(3,4)5)15(18)14-12(2)9-8-10-13(14)19-6/h8-10H,7,11H2,1-6H3. The second-order valence-electron chi connectivity index (χ2n) is 6.03. The topological polar surface area (TPSA) is 29.5 Å². The van der Waals surface area contributed by atoms with E-state index in [1.54, 1.807) is 7.11 Å². The molecule has 0 aliphatic heterocycles. The lowest BCUT2D eigenvalue weighted by Gasteiger charge is -2.30. The second kappa shape index (κ2) is 6.09. The molecular weight excluding hydrogens is 238 g/mol. The molecule has 0 fully saturated rings. The molecule has 19 heavy (non-hydrogen) atoms. The van der Waals surface area contributed by atoms with Crippen LogP contribution in [0, 0.1) is 12.3 Å². The quantitative estimate of drug-likeness (QED) is 0.832. The van der Waals surface area contributed by atoms with E-state index in [9.17, 15) is 4.79 Å². The van der Waals surface area contributed by atoms with Gasteiger partial charge in [-0.1, -0.05) is 32.9 Å². The molecule has 0 atom stereocenters. The number of hydrogen-bond acceptors (Lipinski definition) is 2. The SMILES string of the molecule is CCN(CC(C)(C)C)C(=O)c1c(C)cccc1OC. The van der Waals surface area contributed by atoms with E-state index in [2.05, 4.69) is 20.8 Å². The first kappa shape index (κ1) is 15.5. The average molecular weight is 263 g/mol. The Morgan fingerprint density at radius 2 is 1.95 bits per heavy atom. The van der Waals surface area contributed by atoms with Crippen LogP contribution < -0.4 is 4.74 Å². The van der Waals surface area contributed by atoms with Crippen molar-refractivity contribution in [3.05, 3.63) is 29.3 Å². The third-order valence-corrected chi connectivity index (χ3v) is 3.00. The van der Waals surface area contributed by atoms with E-state index in [-0.39, 0.29) is 11.3 Å². The zero-order valence-corrected chi connectivity index (χ0v) is 12.9. The fourth-order valence-corrected chi connectivity index (χ4v) is 2.14. The maximum absolute atomic E-state index is 12.7. The van der Waals surface area contributed by atoms with Crippen molar-refractivity contribution in [1.82, 2.24) is 4.90 Å². The predicted octanol–water partition coefficient (Wildman–Crippen LogP) is 3.51. The van der Waals surface area contributed by atoms with Crippen molar-refractivity contribution < 1.29 is 9.53 Å². The van der Waals surface area contributed by atoms with Crippen molar-refractivity contribution in [3.8, 4) is 5.75 Å². The molecule has 0 saturated carbocycles. The van der Waals surface area contributed by atoms with Crippen LogP contribution in [0.4, 0.5) is 0 Å². The molecule has 106 valence electrons. The smallest absolute Gasteiger partial charge is 0.257 e. The lowest BCUT2D eigenvalue weighted by molar-refractivity contribution is 0.0702. The molecule has 1 aromatic rings. The summed E-state index contributed by atoms with van der Waals surface area (Å²) >= 11 is 0. The van der Waals surface area contributed by atoms with Gasteiger partial charge in [-0.2, -0.15) is 0 Å². The van der Waals surface area contributed by atoms with Crippen LogP contribution in [-0.4, -0.2) is 31.0 Å². The number of methoxy groups -OCH3 is 1. The lowest BCUT2D eigenvalue weighted by atomic mass is 9.95. The van der Waals surface area contributed by atoms with Crippen LogP contribution in [0.3, 0.4) is 0 Å². The van der Waals surface area contributed by atoms with E-state index in [0.717, 1.165) is 12.1 Å². The molecule has 3 heteroatoms. The third kappa shape index (κ3) is 3.98. The van der Waals surface area contributed by atoms with Crippen molar-refractivity contribution >= 4 is 5.91 Å². The van der Waals surface area contributed by atoms with Gasteiger partial charge in [-0.3, -0.25) is 4.79 Å². The van der Waals surface area contributed by atoms with Crippen LogP contribution in [-0.2, 0) is 0 Å². The van der Waals surface area contributed by atoms with Crippen LogP contribution >= 0.6 is 0 Å². The van der Waals surface area contributed by atoms with E-state index < -0.39 is 0 Å². The van der Waals surface area contributed by atoms with E-state index in [1.807, 2.05) is 36.9 Å². The van der Waals surface area contributed by atoms with Gasteiger partial charge in [0.25, 0.3) is 5.91 Å². The summed E-state index contributed by atoms with van der Waals surface area (Å²) in [6.07, 6.45) is 0. The van der Waals surface area contributed by atoms with Crippen LogP contribution in [0.1, 0.15) is 43.6 Å². The number of rotatable bonds is 4. The Labute approximate surface area is 116 Å². The number of hydrogen-bond donors (Lipinski definition) is 0. The van der Waals surface area contributed by atoms with Gasteiger partial charge in [-0.25, -0.2) is 0 Å². The number of carbonyl (C=O) groups excluding carboxylic acids is 1. The fourth-order valence-electron chi connectivity index (χ4n) is 2.14. The highest BCUT2D eigenvalue weighted by Crippen LogP contribution is 2.25. The molecule has 0 aliphatic rings. The molecule has 0 unspecified atom stereocenters. The Morgan fingerprint density at radius 1 is 1.32 bits per heavy atom. The summed E-state index contributed by atoms with van der Waals surface area (Å²) in [7, 11) is 1.60. The van der Waals surface area contributed by atoms with Crippen LogP contribution in [0.15, 0.2) is 18.2 Å². The highest BCUT2D eigenvalue weighted by molar-refractivity contribution is 5.98. The summed E-state index contributed by atoms with van der Waals surface area (Å²) in [5.41, 5.74) is 1.72. The molecule has 0 aliphatic carbocycles. The number of aryl methyl sites for hydroxylation is 1. The molecule has 0 saturated heterocycles. The van der Waals surface area contributed by atoms with E-state index in [0.29, 0.717) is 17.9 Å². The van der Waals surface area contributed by atoms with Crippen molar-refractivity contribution in [2.24, 2.45) is 5.41 Å². The van der Waals surface area contributed by atoms with Crippen molar-refractivity contribution in [3.63, 3.8) is 0 Å². The van der Waals surface area contributed by atoms with E-state index in [4.69, 9.17) is 4.74 Å². The number of carbonyl (C=O) groups is 1. The second-order valence-corrected chi connectivity index (χ2v) is 6.03. The van der Waals surface area contributed by atoms with Crippen LogP contribution in [0.5, 0.6) is 5.75 Å². The Morgan fingerprint density at radius 3 is 2.42 bits per heavy atom. The van der Waals surface area contributed by atoms with Gasteiger partial charge in [0.2, 0.25) is 0 Å². The van der Waals surface area contributed by atoms with E-state index in [1.165, 1.54) is 0 Å². The van der Waals surface area contributed by atoms with Gasteiger partial charge >= 0.3 is 0 Å². The van der Waals surface area contributed by atoms with Gasteiger partial charge in [0, 0.05) is 13.1 Å². The van der Waals surface area contributed by atoms with Crippen LogP contribution in [0.2, 0.25) is 0 Å². The third-order valence-electron chi connectivity index (χ3n) is 3.00. The molecule has 3 nitrogen and oxygen atoms in total. The molecule has 1 rings (SSSR count). The molecule has 0 radical (unpaired) electrons. The Balaban J connectivity index is 3.11. The monoisotopic (exact) mass is 263 g/mol. The summed E-state index contributed by atoms with van der Waals surface area (Å²) in [5, 5.41) is 0. The Kier molecular flexibility index (Phi) is 4.98. The maximum atomic E-state index is 12.7. The molecule has 0 spiro atoms. The highest BCUT2D eigenvalue weighted by atomic mass is 16.5. The zero-order chi connectivity index (χ0) is 14.6. The average Bonchev–Trinajstić information content (AvgIpc) is 2.33. The number of ether oxygens (including phenoxy) is 1. The summed E-state index contributed by atoms with van der Waals surface area (Å²) in [6, 6.07) is 5.69. The highest BCUT2D eigenvalue weighted by Gasteiger charge is 2.24. The van der Waals surface area contributed by atoms with Gasteiger partial charge in [-0.05, 0) is 30.9 Å². The van der Waals surface area contributed by atoms with Gasteiger partial charge in [0.1, 0.15) is 5.75 Å². The van der Waals surface area contributed by atoms with Gasteiger partial charge in [-0.15, -0.1) is 0 Å². The van der Waals surface area contributed by atoms with E-state index >= 15 is 0 Å². The van der Waals surface area contributed by atoms with Crippen molar-refractivity contribution in [2.45, 2.75) is 34.6 Å². The fraction of sp³-hybridized carbons (Fsp3) is 0.562. The largest absolute Gasteiger partial charge is 0.496 e. The zero-order valence-electron chi connectivity index (χ0n) is 12.9. The Hall–Kier alpha value is -1.51. The summed E-state index contributed by atoms with van der Waals surface area (Å²) in [6.45, 7) is 11.8. The molecule has 0 N–H and O–H groups in total. The van der Waals surface area contributed by atoms with Crippen molar-refractivity contribution in [2.75, 3.05) is 20.2 Å². The number of amides is 1. The minimum absolute atomic E-state index is 0.0485. The van der Waals surface area contributed by atoms with Gasteiger partial charge in [0.05, 0.1) is 12.7 Å². The number of benzene rings is 1. The maximum Gasteiger partial charge on any atom is 0.257 e. The summed E-state index contributed by atoms with van der Waals surface area (Å²) < 4.78 is 5.32. The molecule has 0 bridgehead atoms. The molecule has 1 amide bonds. The first-order chi connectivity index (χ1) is 8.80. The summed E-state index contributed by atoms with van der Waals surface area (Å²) in [4.78, 5) is 14.6. The summed E-state index contributed by atoms with van der Waals surface area (Å²) in [5.74, 6) is 0.699. The molecule has 0 heterocycles. The first-order valence-corrected chi connectivity index (χ1v) is 6.73. The lowest BCUT2D eigenvalue weighted by Crippen LogP contribution is -2.38. The van der Waals surface area contributed by atoms with Crippen molar-refractivity contribution in [1.29, 1.82) is 0 Å². The van der Waals surface area contributed by atoms with Crippen LogP contribution in [0.25, 0.3) is 0 Å². The number of nitrogens with zero attached hydrogens (tertiary/aromatic N) is 1. The first-order valence-electron chi connectivity index (χ1n) is 6.73. The molecule has 0 aromatic heterocycles. The Bertz CT molecular complexity index is 447. The molecular formula is C16H25NO2. The van der Waals surface area contributed by atoms with Gasteiger partial charge in [0.15, 0.2) is 0 Å². The minimum Gasteiger partial charge on any atom is -0.496 e.